The lowest BCUT2D eigenvalue weighted by Gasteiger charge is -2.32. The van der Waals surface area contributed by atoms with E-state index in [4.69, 9.17) is 0 Å². The first-order valence-electron chi connectivity index (χ1n) is 7.15. The molecule has 1 heterocycles. The van der Waals surface area contributed by atoms with Gasteiger partial charge in [0.15, 0.2) is 0 Å². The van der Waals surface area contributed by atoms with E-state index in [0.717, 1.165) is 32.1 Å². The standard InChI is InChI=1S/C15H22N2O3/c1-12-6-5-9-17(14(12)19)10-13(18)16-11-15(20)7-3-2-4-8-15/h5-6,9,20H,2-4,7-8,10-11H2,1H3,(H,16,18). The molecule has 1 aromatic heterocycles. The normalized spacial score (nSPS) is 17.7. The fraction of sp³-hybridized carbons (Fsp3) is 0.600. The highest BCUT2D eigenvalue weighted by Gasteiger charge is 2.29. The predicted octanol–water partition coefficient (Wildman–Crippen LogP) is 0.968. The molecule has 2 rings (SSSR count). The Bertz CT molecular complexity index is 530. The summed E-state index contributed by atoms with van der Waals surface area (Å²) in [4.78, 5) is 23.7. The molecule has 5 heteroatoms. The van der Waals surface area contributed by atoms with Gasteiger partial charge >= 0.3 is 0 Å². The highest BCUT2D eigenvalue weighted by atomic mass is 16.3. The summed E-state index contributed by atoms with van der Waals surface area (Å²) >= 11 is 0. The number of rotatable bonds is 4. The SMILES string of the molecule is Cc1cccn(CC(=O)NCC2(O)CCCCC2)c1=O. The molecule has 0 unspecified atom stereocenters. The number of amides is 1. The molecule has 110 valence electrons. The van der Waals surface area contributed by atoms with Crippen molar-refractivity contribution in [1.82, 2.24) is 9.88 Å². The van der Waals surface area contributed by atoms with Gasteiger partial charge in [0.05, 0.1) is 5.60 Å². The zero-order valence-electron chi connectivity index (χ0n) is 11.9. The third-order valence-corrected chi connectivity index (χ3v) is 3.92. The summed E-state index contributed by atoms with van der Waals surface area (Å²) < 4.78 is 1.38. The molecule has 0 aromatic carbocycles. The number of aryl methyl sites for hydroxylation is 1. The van der Waals surface area contributed by atoms with Crippen LogP contribution in [0.5, 0.6) is 0 Å². The second-order valence-electron chi connectivity index (χ2n) is 5.69. The zero-order valence-corrected chi connectivity index (χ0v) is 11.9. The Labute approximate surface area is 118 Å². The van der Waals surface area contributed by atoms with Crippen LogP contribution in [0.2, 0.25) is 0 Å². The van der Waals surface area contributed by atoms with E-state index in [2.05, 4.69) is 5.32 Å². The van der Waals surface area contributed by atoms with Gasteiger partial charge in [-0.05, 0) is 25.8 Å². The van der Waals surface area contributed by atoms with Crippen LogP contribution >= 0.6 is 0 Å². The molecule has 5 nitrogen and oxygen atoms in total. The molecule has 1 fully saturated rings. The summed E-state index contributed by atoms with van der Waals surface area (Å²) in [5.74, 6) is -0.239. The predicted molar refractivity (Wildman–Crippen MR) is 76.5 cm³/mol. The molecule has 1 aromatic rings. The van der Waals surface area contributed by atoms with Crippen molar-refractivity contribution in [2.45, 2.75) is 51.2 Å². The second kappa shape index (κ2) is 6.22. The van der Waals surface area contributed by atoms with Crippen LogP contribution in [0.3, 0.4) is 0 Å². The van der Waals surface area contributed by atoms with Crippen molar-refractivity contribution < 1.29 is 9.90 Å². The molecule has 1 amide bonds. The summed E-state index contributed by atoms with van der Waals surface area (Å²) in [6.07, 6.45) is 6.22. The van der Waals surface area contributed by atoms with Gasteiger partial charge in [0.2, 0.25) is 5.91 Å². The van der Waals surface area contributed by atoms with Crippen LogP contribution in [0.25, 0.3) is 0 Å². The summed E-state index contributed by atoms with van der Waals surface area (Å²) in [5, 5.41) is 13.0. The monoisotopic (exact) mass is 278 g/mol. The summed E-state index contributed by atoms with van der Waals surface area (Å²) in [6, 6.07) is 3.47. The molecule has 1 aliphatic rings. The number of carbonyl (C=O) groups excluding carboxylic acids is 1. The maximum Gasteiger partial charge on any atom is 0.253 e. The van der Waals surface area contributed by atoms with E-state index >= 15 is 0 Å². The van der Waals surface area contributed by atoms with E-state index in [0.29, 0.717) is 5.56 Å². The molecule has 0 spiro atoms. The van der Waals surface area contributed by atoms with Gasteiger partial charge in [-0.3, -0.25) is 9.59 Å². The number of hydrogen-bond acceptors (Lipinski definition) is 3. The van der Waals surface area contributed by atoms with Crippen molar-refractivity contribution >= 4 is 5.91 Å². The lowest BCUT2D eigenvalue weighted by molar-refractivity contribution is -0.123. The molecule has 1 saturated carbocycles. The van der Waals surface area contributed by atoms with Gasteiger partial charge in [-0.2, -0.15) is 0 Å². The summed E-state index contributed by atoms with van der Waals surface area (Å²) in [6.45, 7) is 1.99. The van der Waals surface area contributed by atoms with E-state index in [1.165, 1.54) is 4.57 Å². The van der Waals surface area contributed by atoms with E-state index in [1.807, 2.05) is 0 Å². The first kappa shape index (κ1) is 14.8. The van der Waals surface area contributed by atoms with Gasteiger partial charge in [0.25, 0.3) is 5.56 Å². The lowest BCUT2D eigenvalue weighted by Crippen LogP contribution is -2.45. The fourth-order valence-corrected chi connectivity index (χ4v) is 2.64. The van der Waals surface area contributed by atoms with Crippen LogP contribution in [0.4, 0.5) is 0 Å². The van der Waals surface area contributed by atoms with Crippen LogP contribution in [-0.4, -0.2) is 27.7 Å². The van der Waals surface area contributed by atoms with Crippen LogP contribution in [0.15, 0.2) is 23.1 Å². The molecule has 0 bridgehead atoms. The molecule has 1 aliphatic carbocycles. The zero-order chi connectivity index (χ0) is 14.6. The Balaban J connectivity index is 1.89. The average molecular weight is 278 g/mol. The van der Waals surface area contributed by atoms with Crippen molar-refractivity contribution in [3.8, 4) is 0 Å². The Kier molecular flexibility index (Phi) is 4.60. The van der Waals surface area contributed by atoms with Gasteiger partial charge in [-0.15, -0.1) is 0 Å². The Morgan fingerprint density at radius 2 is 2.10 bits per heavy atom. The molecule has 0 radical (unpaired) electrons. The van der Waals surface area contributed by atoms with Crippen molar-refractivity contribution in [2.75, 3.05) is 6.54 Å². The quantitative estimate of drug-likeness (QED) is 0.862. The van der Waals surface area contributed by atoms with Crippen molar-refractivity contribution in [1.29, 1.82) is 0 Å². The first-order chi connectivity index (χ1) is 9.50. The number of pyridine rings is 1. The molecule has 20 heavy (non-hydrogen) atoms. The Morgan fingerprint density at radius 3 is 2.80 bits per heavy atom. The van der Waals surface area contributed by atoms with Gasteiger partial charge in [0, 0.05) is 18.3 Å². The minimum Gasteiger partial charge on any atom is -0.388 e. The van der Waals surface area contributed by atoms with Crippen molar-refractivity contribution in [2.24, 2.45) is 0 Å². The largest absolute Gasteiger partial charge is 0.388 e. The number of carbonyl (C=O) groups is 1. The van der Waals surface area contributed by atoms with Crippen LogP contribution < -0.4 is 10.9 Å². The van der Waals surface area contributed by atoms with Crippen LogP contribution in [-0.2, 0) is 11.3 Å². The minimum atomic E-state index is -0.772. The topological polar surface area (TPSA) is 71.3 Å². The maximum atomic E-state index is 11.9. The van der Waals surface area contributed by atoms with Gasteiger partial charge in [-0.25, -0.2) is 0 Å². The third-order valence-electron chi connectivity index (χ3n) is 3.92. The number of aliphatic hydroxyl groups is 1. The number of nitrogens with zero attached hydrogens (tertiary/aromatic N) is 1. The van der Waals surface area contributed by atoms with E-state index in [1.54, 1.807) is 25.3 Å². The average Bonchev–Trinajstić information content (AvgIpc) is 2.43. The van der Waals surface area contributed by atoms with Crippen molar-refractivity contribution in [3.05, 3.63) is 34.2 Å². The van der Waals surface area contributed by atoms with Crippen LogP contribution in [0.1, 0.15) is 37.7 Å². The molecule has 0 atom stereocenters. The Hall–Kier alpha value is -1.62. The fourth-order valence-electron chi connectivity index (χ4n) is 2.64. The highest BCUT2D eigenvalue weighted by molar-refractivity contribution is 5.75. The lowest BCUT2D eigenvalue weighted by atomic mass is 9.85. The first-order valence-corrected chi connectivity index (χ1v) is 7.15. The molecular weight excluding hydrogens is 256 g/mol. The Morgan fingerprint density at radius 1 is 1.40 bits per heavy atom. The number of nitrogens with one attached hydrogen (secondary N) is 1. The molecular formula is C15H22N2O3. The van der Waals surface area contributed by atoms with Crippen LogP contribution in [0, 0.1) is 6.92 Å². The van der Waals surface area contributed by atoms with E-state index in [9.17, 15) is 14.7 Å². The number of aromatic nitrogens is 1. The van der Waals surface area contributed by atoms with Gasteiger partial charge in [0.1, 0.15) is 6.54 Å². The van der Waals surface area contributed by atoms with Gasteiger partial charge < -0.3 is 15.0 Å². The van der Waals surface area contributed by atoms with Crippen molar-refractivity contribution in [3.63, 3.8) is 0 Å². The number of hydrogen-bond donors (Lipinski definition) is 2. The molecule has 2 N–H and O–H groups in total. The van der Waals surface area contributed by atoms with E-state index < -0.39 is 5.60 Å². The summed E-state index contributed by atoms with van der Waals surface area (Å²) in [5.41, 5.74) is -0.309. The smallest absolute Gasteiger partial charge is 0.253 e. The molecule has 0 aliphatic heterocycles. The van der Waals surface area contributed by atoms with Gasteiger partial charge in [-0.1, -0.05) is 25.3 Å². The minimum absolute atomic E-state index is 0.00338. The third kappa shape index (κ3) is 3.70. The maximum absolute atomic E-state index is 11.9. The highest BCUT2D eigenvalue weighted by Crippen LogP contribution is 2.27. The molecule has 0 saturated heterocycles. The summed E-state index contributed by atoms with van der Waals surface area (Å²) in [7, 11) is 0. The van der Waals surface area contributed by atoms with E-state index in [-0.39, 0.29) is 24.6 Å². The second-order valence-corrected chi connectivity index (χ2v) is 5.69.